The Kier molecular flexibility index (Phi) is 4.11. The van der Waals surface area contributed by atoms with Gasteiger partial charge in [0.05, 0.1) is 4.90 Å². The Balaban J connectivity index is 2.45. The molecule has 0 spiro atoms. The Labute approximate surface area is 117 Å². The first-order chi connectivity index (χ1) is 8.44. The van der Waals surface area contributed by atoms with E-state index in [-0.39, 0.29) is 12.1 Å². The van der Waals surface area contributed by atoms with Crippen LogP contribution in [-0.2, 0) is 10.0 Å². The molecule has 2 atom stereocenters. The van der Waals surface area contributed by atoms with Crippen LogP contribution in [0.5, 0.6) is 0 Å². The molecule has 1 aromatic carbocycles. The summed E-state index contributed by atoms with van der Waals surface area (Å²) in [4.78, 5) is 0.339. The minimum Gasteiger partial charge on any atom is -0.314 e. The van der Waals surface area contributed by atoms with Gasteiger partial charge in [-0.15, -0.1) is 0 Å². The molecule has 1 heterocycles. The summed E-state index contributed by atoms with van der Waals surface area (Å²) in [6.07, 6.45) is 0. The predicted octanol–water partition coefficient (Wildman–Crippen LogP) is 1.82. The van der Waals surface area contributed by atoms with E-state index in [1.165, 1.54) is 0 Å². The van der Waals surface area contributed by atoms with Crippen LogP contribution < -0.4 is 5.32 Å². The highest BCUT2D eigenvalue weighted by atomic mass is 79.9. The number of piperazine rings is 1. The molecule has 0 amide bonds. The Hall–Kier alpha value is -0.430. The van der Waals surface area contributed by atoms with Gasteiger partial charge in [-0.1, -0.05) is 12.1 Å². The summed E-state index contributed by atoms with van der Waals surface area (Å²) < 4.78 is 27.6. The molecule has 0 bridgehead atoms. The average Bonchev–Trinajstić information content (AvgIpc) is 2.28. The first kappa shape index (κ1) is 14.0. The molecule has 0 saturated carbocycles. The summed E-state index contributed by atoms with van der Waals surface area (Å²) in [7, 11) is -3.44. The van der Waals surface area contributed by atoms with Crippen molar-refractivity contribution in [3.05, 3.63) is 28.7 Å². The lowest BCUT2D eigenvalue weighted by atomic mass is 10.2. The molecule has 0 aromatic heterocycles. The van der Waals surface area contributed by atoms with Crippen molar-refractivity contribution < 1.29 is 8.42 Å². The van der Waals surface area contributed by atoms with Crippen LogP contribution in [0, 0.1) is 0 Å². The molecular formula is C12H17BrN2O2S. The van der Waals surface area contributed by atoms with Gasteiger partial charge in [-0.25, -0.2) is 8.42 Å². The lowest BCUT2D eigenvalue weighted by Gasteiger charge is -2.38. The number of halogens is 1. The summed E-state index contributed by atoms with van der Waals surface area (Å²) in [6, 6.07) is 6.88. The topological polar surface area (TPSA) is 49.4 Å². The van der Waals surface area contributed by atoms with Crippen LogP contribution in [0.25, 0.3) is 0 Å². The highest BCUT2D eigenvalue weighted by Gasteiger charge is 2.36. The van der Waals surface area contributed by atoms with Crippen molar-refractivity contribution in [2.24, 2.45) is 0 Å². The molecule has 1 N–H and O–H groups in total. The second kappa shape index (κ2) is 5.28. The van der Waals surface area contributed by atoms with Crippen molar-refractivity contribution in [1.29, 1.82) is 0 Å². The van der Waals surface area contributed by atoms with Crippen molar-refractivity contribution in [2.45, 2.75) is 30.8 Å². The third kappa shape index (κ3) is 2.47. The Morgan fingerprint density at radius 2 is 1.78 bits per heavy atom. The first-order valence-electron chi connectivity index (χ1n) is 5.93. The molecule has 100 valence electrons. The molecule has 18 heavy (non-hydrogen) atoms. The summed E-state index contributed by atoms with van der Waals surface area (Å²) >= 11 is 3.32. The van der Waals surface area contributed by atoms with Gasteiger partial charge < -0.3 is 5.32 Å². The lowest BCUT2D eigenvalue weighted by molar-refractivity contribution is 0.220. The first-order valence-corrected chi connectivity index (χ1v) is 8.16. The van der Waals surface area contributed by atoms with E-state index < -0.39 is 10.0 Å². The largest absolute Gasteiger partial charge is 0.314 e. The molecular weight excluding hydrogens is 316 g/mol. The van der Waals surface area contributed by atoms with Crippen molar-refractivity contribution in [2.75, 3.05) is 13.1 Å². The number of sulfonamides is 1. The zero-order chi connectivity index (χ0) is 13.3. The molecule has 1 aromatic rings. The summed E-state index contributed by atoms with van der Waals surface area (Å²) in [5.41, 5.74) is 0. The number of nitrogens with zero attached hydrogens (tertiary/aromatic N) is 1. The van der Waals surface area contributed by atoms with Gasteiger partial charge in [-0.2, -0.15) is 4.31 Å². The quantitative estimate of drug-likeness (QED) is 0.898. The minimum atomic E-state index is -3.44. The van der Waals surface area contributed by atoms with Crippen LogP contribution in [0.1, 0.15) is 13.8 Å². The maximum absolute atomic E-state index is 12.7. The van der Waals surface area contributed by atoms with Gasteiger partial charge in [0.2, 0.25) is 10.0 Å². The SMILES string of the molecule is CC1CNCC(C)N1S(=O)(=O)c1ccccc1Br. The predicted molar refractivity (Wildman–Crippen MR) is 75.0 cm³/mol. The number of rotatable bonds is 2. The second-order valence-electron chi connectivity index (χ2n) is 4.62. The van der Waals surface area contributed by atoms with Gasteiger partial charge in [-0.05, 0) is 41.9 Å². The minimum absolute atomic E-state index is 0.0362. The van der Waals surface area contributed by atoms with Gasteiger partial charge in [0.1, 0.15) is 0 Å². The molecule has 1 saturated heterocycles. The maximum Gasteiger partial charge on any atom is 0.244 e. The number of hydrogen-bond donors (Lipinski definition) is 1. The van der Waals surface area contributed by atoms with Gasteiger partial charge in [0.15, 0.2) is 0 Å². The van der Waals surface area contributed by atoms with E-state index in [0.717, 1.165) is 0 Å². The highest BCUT2D eigenvalue weighted by molar-refractivity contribution is 9.10. The molecule has 0 aliphatic carbocycles. The zero-order valence-electron chi connectivity index (χ0n) is 10.4. The van der Waals surface area contributed by atoms with E-state index in [1.807, 2.05) is 19.9 Å². The van der Waals surface area contributed by atoms with Gasteiger partial charge >= 0.3 is 0 Å². The molecule has 2 rings (SSSR count). The smallest absolute Gasteiger partial charge is 0.244 e. The van der Waals surface area contributed by atoms with E-state index in [4.69, 9.17) is 0 Å². The van der Waals surface area contributed by atoms with Crippen molar-refractivity contribution in [3.8, 4) is 0 Å². The molecule has 1 aliphatic heterocycles. The fourth-order valence-electron chi connectivity index (χ4n) is 2.36. The van der Waals surface area contributed by atoms with E-state index in [0.29, 0.717) is 22.5 Å². The van der Waals surface area contributed by atoms with Gasteiger partial charge in [0, 0.05) is 29.6 Å². The summed E-state index contributed by atoms with van der Waals surface area (Å²) in [6.45, 7) is 5.23. The fraction of sp³-hybridized carbons (Fsp3) is 0.500. The molecule has 0 radical (unpaired) electrons. The third-order valence-corrected chi connectivity index (χ3v) is 6.28. The fourth-order valence-corrected chi connectivity index (χ4v) is 5.14. The average molecular weight is 333 g/mol. The van der Waals surface area contributed by atoms with Crippen LogP contribution in [0.15, 0.2) is 33.6 Å². The van der Waals surface area contributed by atoms with E-state index in [9.17, 15) is 8.42 Å². The number of hydrogen-bond acceptors (Lipinski definition) is 3. The van der Waals surface area contributed by atoms with Crippen LogP contribution in [0.2, 0.25) is 0 Å². The van der Waals surface area contributed by atoms with Crippen molar-refractivity contribution in [3.63, 3.8) is 0 Å². The second-order valence-corrected chi connectivity index (χ2v) is 7.29. The third-order valence-electron chi connectivity index (χ3n) is 3.14. The van der Waals surface area contributed by atoms with Crippen LogP contribution in [0.4, 0.5) is 0 Å². The summed E-state index contributed by atoms with van der Waals surface area (Å²) in [5, 5.41) is 3.23. The van der Waals surface area contributed by atoms with Crippen molar-refractivity contribution >= 4 is 26.0 Å². The van der Waals surface area contributed by atoms with E-state index in [1.54, 1.807) is 22.5 Å². The monoisotopic (exact) mass is 332 g/mol. The van der Waals surface area contributed by atoms with Crippen LogP contribution in [0.3, 0.4) is 0 Å². The standard InChI is InChI=1S/C12H17BrN2O2S/c1-9-7-14-8-10(2)15(9)18(16,17)12-6-4-3-5-11(12)13/h3-6,9-10,14H,7-8H2,1-2H3. The molecule has 4 nitrogen and oxygen atoms in total. The van der Waals surface area contributed by atoms with Crippen molar-refractivity contribution in [1.82, 2.24) is 9.62 Å². The van der Waals surface area contributed by atoms with Gasteiger partial charge in [-0.3, -0.25) is 0 Å². The Bertz CT molecular complexity index is 523. The molecule has 2 unspecified atom stereocenters. The number of nitrogens with one attached hydrogen (secondary N) is 1. The van der Waals surface area contributed by atoms with Crippen LogP contribution >= 0.6 is 15.9 Å². The molecule has 1 fully saturated rings. The van der Waals surface area contributed by atoms with E-state index >= 15 is 0 Å². The Morgan fingerprint density at radius 1 is 1.22 bits per heavy atom. The van der Waals surface area contributed by atoms with E-state index in [2.05, 4.69) is 21.2 Å². The Morgan fingerprint density at radius 3 is 2.33 bits per heavy atom. The maximum atomic E-state index is 12.7. The normalized spacial score (nSPS) is 26.2. The van der Waals surface area contributed by atoms with Crippen LogP contribution in [-0.4, -0.2) is 37.9 Å². The molecule has 1 aliphatic rings. The number of benzene rings is 1. The lowest BCUT2D eigenvalue weighted by Crippen LogP contribution is -2.57. The highest BCUT2D eigenvalue weighted by Crippen LogP contribution is 2.28. The zero-order valence-corrected chi connectivity index (χ0v) is 12.8. The summed E-state index contributed by atoms with van der Waals surface area (Å²) in [5.74, 6) is 0. The molecule has 6 heteroatoms. The van der Waals surface area contributed by atoms with Gasteiger partial charge in [0.25, 0.3) is 0 Å².